The van der Waals surface area contributed by atoms with E-state index in [1.54, 1.807) is 65.2 Å². The molecule has 4 rings (SSSR count). The quantitative estimate of drug-likeness (QED) is 0.478. The molecule has 2 heterocycles. The van der Waals surface area contributed by atoms with Gasteiger partial charge in [-0.25, -0.2) is 0 Å². The molecule has 0 aliphatic rings. The first-order valence-corrected chi connectivity index (χ1v) is 9.33. The SMILES string of the molecule is Nc1c(C(=O)Cc2ccc(O)cc2)c2ccccn2c1C(=O)c1ccc(Cl)cc1. The van der Waals surface area contributed by atoms with Crippen LogP contribution in [0, 0.1) is 0 Å². The Hall–Kier alpha value is -3.57. The van der Waals surface area contributed by atoms with Gasteiger partial charge in [-0.2, -0.15) is 0 Å². The van der Waals surface area contributed by atoms with E-state index >= 15 is 0 Å². The van der Waals surface area contributed by atoms with Crippen LogP contribution in [0.4, 0.5) is 5.69 Å². The second-order valence-electron chi connectivity index (χ2n) is 6.70. The van der Waals surface area contributed by atoms with Gasteiger partial charge in [0.1, 0.15) is 11.4 Å². The van der Waals surface area contributed by atoms with Gasteiger partial charge in [-0.1, -0.05) is 29.8 Å². The summed E-state index contributed by atoms with van der Waals surface area (Å²) in [5.74, 6) is -0.359. The van der Waals surface area contributed by atoms with Crippen LogP contribution in [-0.2, 0) is 6.42 Å². The fourth-order valence-electron chi connectivity index (χ4n) is 3.38. The van der Waals surface area contributed by atoms with Crippen LogP contribution in [0.25, 0.3) is 5.52 Å². The zero-order valence-electron chi connectivity index (χ0n) is 15.3. The smallest absolute Gasteiger partial charge is 0.211 e. The van der Waals surface area contributed by atoms with Gasteiger partial charge in [0.2, 0.25) is 5.78 Å². The summed E-state index contributed by atoms with van der Waals surface area (Å²) in [6.45, 7) is 0. The summed E-state index contributed by atoms with van der Waals surface area (Å²) in [6.07, 6.45) is 1.82. The van der Waals surface area contributed by atoms with Gasteiger partial charge in [0.25, 0.3) is 0 Å². The number of carbonyl (C=O) groups is 2. The highest BCUT2D eigenvalue weighted by Crippen LogP contribution is 2.30. The van der Waals surface area contributed by atoms with Crippen LogP contribution in [0.2, 0.25) is 5.02 Å². The molecule has 4 aromatic rings. The topological polar surface area (TPSA) is 84.8 Å². The number of aromatic hydroxyl groups is 1. The number of nitrogens with two attached hydrogens (primary N) is 1. The number of Topliss-reactive ketones (excluding diaryl/α,β-unsaturated/α-hetero) is 1. The van der Waals surface area contributed by atoms with Crippen LogP contribution in [0.15, 0.2) is 72.9 Å². The predicted molar refractivity (Wildman–Crippen MR) is 113 cm³/mol. The van der Waals surface area contributed by atoms with Crippen molar-refractivity contribution in [3.05, 3.63) is 100 Å². The molecule has 0 atom stereocenters. The molecule has 2 aromatic carbocycles. The maximum atomic E-state index is 13.1. The highest BCUT2D eigenvalue weighted by Gasteiger charge is 2.26. The summed E-state index contributed by atoms with van der Waals surface area (Å²) in [6, 6.07) is 18.3. The molecule has 0 unspecified atom stereocenters. The van der Waals surface area contributed by atoms with Crippen molar-refractivity contribution in [2.24, 2.45) is 0 Å². The average Bonchev–Trinajstić information content (AvgIpc) is 3.01. The molecule has 0 amide bonds. The van der Waals surface area contributed by atoms with Crippen molar-refractivity contribution in [3.8, 4) is 5.75 Å². The molecule has 0 saturated heterocycles. The Morgan fingerprint density at radius 1 is 0.966 bits per heavy atom. The van der Waals surface area contributed by atoms with Gasteiger partial charge >= 0.3 is 0 Å². The van der Waals surface area contributed by atoms with E-state index in [4.69, 9.17) is 17.3 Å². The number of hydrogen-bond acceptors (Lipinski definition) is 4. The van der Waals surface area contributed by atoms with E-state index in [1.807, 2.05) is 0 Å². The number of aromatic nitrogens is 1. The molecule has 0 aliphatic heterocycles. The molecule has 6 heteroatoms. The minimum Gasteiger partial charge on any atom is -0.508 e. The lowest BCUT2D eigenvalue weighted by molar-refractivity contribution is 0.0994. The van der Waals surface area contributed by atoms with E-state index in [2.05, 4.69) is 0 Å². The van der Waals surface area contributed by atoms with E-state index in [1.165, 1.54) is 12.1 Å². The largest absolute Gasteiger partial charge is 0.508 e. The number of fused-ring (bicyclic) bond motifs is 1. The van der Waals surface area contributed by atoms with Gasteiger partial charge in [0.05, 0.1) is 16.8 Å². The number of phenolic OH excluding ortho intramolecular Hbond substituents is 1. The van der Waals surface area contributed by atoms with Crippen LogP contribution in [-0.4, -0.2) is 21.1 Å². The number of nitrogen functional groups attached to an aromatic ring is 1. The van der Waals surface area contributed by atoms with Gasteiger partial charge in [0.15, 0.2) is 5.78 Å². The van der Waals surface area contributed by atoms with Gasteiger partial charge in [-0.15, -0.1) is 0 Å². The molecule has 144 valence electrons. The van der Waals surface area contributed by atoms with Gasteiger partial charge in [-0.3, -0.25) is 9.59 Å². The van der Waals surface area contributed by atoms with Gasteiger partial charge in [0, 0.05) is 23.2 Å². The standard InChI is InChI=1S/C23H17ClN2O3/c24-16-8-6-15(7-9-16)23(29)22-21(25)20(18-3-1-2-12-26(18)22)19(28)13-14-4-10-17(27)11-5-14/h1-12,27H,13,25H2. The Labute approximate surface area is 172 Å². The summed E-state index contributed by atoms with van der Waals surface area (Å²) in [5, 5.41) is 9.96. The fraction of sp³-hybridized carbons (Fsp3) is 0.0435. The highest BCUT2D eigenvalue weighted by molar-refractivity contribution is 6.30. The minimum atomic E-state index is -0.288. The number of phenols is 1. The molecule has 2 aromatic heterocycles. The summed E-state index contributed by atoms with van der Waals surface area (Å²) in [5.41, 5.74) is 8.80. The zero-order chi connectivity index (χ0) is 20.5. The van der Waals surface area contributed by atoms with Crippen LogP contribution in [0.1, 0.15) is 32.0 Å². The number of nitrogens with zero attached hydrogens (tertiary/aromatic N) is 1. The number of benzene rings is 2. The molecule has 5 nitrogen and oxygen atoms in total. The maximum Gasteiger partial charge on any atom is 0.211 e. The number of pyridine rings is 1. The zero-order valence-corrected chi connectivity index (χ0v) is 16.1. The van der Waals surface area contributed by atoms with Crippen molar-refractivity contribution in [3.63, 3.8) is 0 Å². The lowest BCUT2D eigenvalue weighted by Gasteiger charge is -2.04. The Bertz CT molecular complexity index is 1230. The third kappa shape index (κ3) is 3.48. The second-order valence-corrected chi connectivity index (χ2v) is 7.13. The summed E-state index contributed by atoms with van der Waals surface area (Å²) in [7, 11) is 0. The molecule has 0 fully saturated rings. The maximum absolute atomic E-state index is 13.1. The first kappa shape index (κ1) is 18.8. The van der Waals surface area contributed by atoms with E-state index in [9.17, 15) is 14.7 Å². The second kappa shape index (κ2) is 7.45. The molecular weight excluding hydrogens is 388 g/mol. The molecule has 0 radical (unpaired) electrons. The van der Waals surface area contributed by atoms with Crippen molar-refractivity contribution in [2.45, 2.75) is 6.42 Å². The van der Waals surface area contributed by atoms with E-state index < -0.39 is 0 Å². The third-order valence-corrected chi connectivity index (χ3v) is 5.03. The van der Waals surface area contributed by atoms with Crippen molar-refractivity contribution in [1.29, 1.82) is 0 Å². The molecule has 0 spiro atoms. The number of anilines is 1. The molecule has 0 aliphatic carbocycles. The first-order valence-electron chi connectivity index (χ1n) is 8.95. The Morgan fingerprint density at radius 3 is 2.34 bits per heavy atom. The number of ketones is 2. The minimum absolute atomic E-state index is 0.105. The molecule has 3 N–H and O–H groups in total. The van der Waals surface area contributed by atoms with Crippen LogP contribution in [0.5, 0.6) is 5.75 Å². The molecule has 0 saturated carbocycles. The van der Waals surface area contributed by atoms with Crippen molar-refractivity contribution in [1.82, 2.24) is 4.40 Å². The van der Waals surface area contributed by atoms with Crippen LogP contribution >= 0.6 is 11.6 Å². The monoisotopic (exact) mass is 404 g/mol. The lowest BCUT2D eigenvalue weighted by atomic mass is 10.0. The molecular formula is C23H17ClN2O3. The highest BCUT2D eigenvalue weighted by atomic mass is 35.5. The normalized spacial score (nSPS) is 10.9. The molecule has 29 heavy (non-hydrogen) atoms. The Morgan fingerprint density at radius 2 is 1.66 bits per heavy atom. The third-order valence-electron chi connectivity index (χ3n) is 4.78. The van der Waals surface area contributed by atoms with Gasteiger partial charge in [-0.05, 0) is 54.1 Å². The van der Waals surface area contributed by atoms with Crippen LogP contribution in [0.3, 0.4) is 0 Å². The van der Waals surface area contributed by atoms with E-state index in [0.717, 1.165) is 5.56 Å². The van der Waals surface area contributed by atoms with Crippen molar-refractivity contribution >= 4 is 34.4 Å². The molecule has 0 bridgehead atoms. The van der Waals surface area contributed by atoms with Gasteiger partial charge < -0.3 is 15.2 Å². The van der Waals surface area contributed by atoms with Crippen molar-refractivity contribution in [2.75, 3.05) is 5.73 Å². The number of halogens is 1. The number of hydrogen-bond donors (Lipinski definition) is 2. The summed E-state index contributed by atoms with van der Waals surface area (Å²) >= 11 is 5.92. The van der Waals surface area contributed by atoms with Crippen LogP contribution < -0.4 is 5.73 Å². The summed E-state index contributed by atoms with van der Waals surface area (Å²) in [4.78, 5) is 26.2. The lowest BCUT2D eigenvalue weighted by Crippen LogP contribution is -2.09. The van der Waals surface area contributed by atoms with Crippen molar-refractivity contribution < 1.29 is 14.7 Å². The summed E-state index contributed by atoms with van der Waals surface area (Å²) < 4.78 is 1.65. The van der Waals surface area contributed by atoms with E-state index in [-0.39, 0.29) is 35.1 Å². The number of carbonyl (C=O) groups excluding carboxylic acids is 2. The first-order chi connectivity index (χ1) is 14.0. The average molecular weight is 405 g/mol. The number of rotatable bonds is 5. The Balaban J connectivity index is 1.80. The Kier molecular flexibility index (Phi) is 4.82. The fourth-order valence-corrected chi connectivity index (χ4v) is 3.50. The van der Waals surface area contributed by atoms with E-state index in [0.29, 0.717) is 21.7 Å². The predicted octanol–water partition coefficient (Wildman–Crippen LogP) is 4.54.